The van der Waals surface area contributed by atoms with Crippen molar-refractivity contribution in [2.75, 3.05) is 5.32 Å². The van der Waals surface area contributed by atoms with Crippen LogP contribution >= 0.6 is 0 Å². The van der Waals surface area contributed by atoms with Crippen LogP contribution < -0.4 is 5.32 Å². The van der Waals surface area contributed by atoms with Gasteiger partial charge < -0.3 is 15.2 Å². The van der Waals surface area contributed by atoms with E-state index < -0.39 is 17.5 Å². The zero-order valence-corrected chi connectivity index (χ0v) is 10.9. The number of hydrogen-bond acceptors (Lipinski definition) is 4. The van der Waals surface area contributed by atoms with Crippen molar-refractivity contribution in [1.82, 2.24) is 0 Å². The van der Waals surface area contributed by atoms with Crippen molar-refractivity contribution in [3.63, 3.8) is 0 Å². The van der Waals surface area contributed by atoms with Crippen LogP contribution in [0.4, 0.5) is 5.69 Å². The van der Waals surface area contributed by atoms with Crippen LogP contribution in [0.3, 0.4) is 0 Å². The van der Waals surface area contributed by atoms with Crippen LogP contribution in [0.1, 0.15) is 20.3 Å². The Bertz CT molecular complexity index is 468. The highest BCUT2D eigenvalue weighted by molar-refractivity contribution is 6.13. The number of rotatable bonds is 6. The first kappa shape index (κ1) is 14.8. The molecule has 1 unspecified atom stereocenters. The lowest BCUT2D eigenvalue weighted by Crippen LogP contribution is -2.21. The molecular formula is C14H17NO4. The molecule has 0 aliphatic heterocycles. The Morgan fingerprint density at radius 2 is 2.00 bits per heavy atom. The van der Waals surface area contributed by atoms with Gasteiger partial charge in [0.25, 0.3) is 0 Å². The van der Waals surface area contributed by atoms with E-state index in [1.54, 1.807) is 31.2 Å². The highest BCUT2D eigenvalue weighted by Crippen LogP contribution is 2.08. The number of carboxylic acids is 1. The van der Waals surface area contributed by atoms with E-state index in [1.807, 2.05) is 13.0 Å². The molecule has 0 saturated heterocycles. The van der Waals surface area contributed by atoms with E-state index in [9.17, 15) is 9.59 Å². The molecule has 0 aliphatic carbocycles. The average molecular weight is 263 g/mol. The van der Waals surface area contributed by atoms with Gasteiger partial charge in [0, 0.05) is 11.9 Å². The Labute approximate surface area is 111 Å². The van der Waals surface area contributed by atoms with Crippen LogP contribution in [-0.2, 0) is 14.3 Å². The molecule has 0 aromatic heterocycles. The van der Waals surface area contributed by atoms with Crippen molar-refractivity contribution >= 4 is 17.6 Å². The molecule has 1 aromatic rings. The quantitative estimate of drug-likeness (QED) is 0.357. The van der Waals surface area contributed by atoms with Gasteiger partial charge in [0.1, 0.15) is 0 Å². The number of esters is 1. The summed E-state index contributed by atoms with van der Waals surface area (Å²) in [6, 6.07) is 8.96. The number of aliphatic carboxylic acids is 1. The molecule has 0 spiro atoms. The van der Waals surface area contributed by atoms with Gasteiger partial charge in [-0.2, -0.15) is 0 Å². The lowest BCUT2D eigenvalue weighted by molar-refractivity contribution is -0.147. The Kier molecular flexibility index (Phi) is 5.60. The first-order chi connectivity index (χ1) is 9.04. The van der Waals surface area contributed by atoms with E-state index in [-0.39, 0.29) is 6.10 Å². The summed E-state index contributed by atoms with van der Waals surface area (Å²) >= 11 is 0. The fraction of sp³-hybridized carbons (Fsp3) is 0.286. The van der Waals surface area contributed by atoms with Crippen LogP contribution in [0.25, 0.3) is 0 Å². The maximum Gasteiger partial charge on any atom is 0.347 e. The van der Waals surface area contributed by atoms with E-state index in [0.29, 0.717) is 12.1 Å². The molecule has 0 saturated carbocycles. The van der Waals surface area contributed by atoms with Crippen molar-refractivity contribution in [1.29, 1.82) is 0 Å². The van der Waals surface area contributed by atoms with Crippen molar-refractivity contribution in [3.8, 4) is 0 Å². The van der Waals surface area contributed by atoms with Gasteiger partial charge in [-0.05, 0) is 25.5 Å². The summed E-state index contributed by atoms with van der Waals surface area (Å²) in [6.45, 7) is 3.56. The summed E-state index contributed by atoms with van der Waals surface area (Å²) in [5.41, 5.74) is 0.266. The van der Waals surface area contributed by atoms with Crippen LogP contribution in [0.5, 0.6) is 0 Å². The topological polar surface area (TPSA) is 75.6 Å². The normalized spacial score (nSPS) is 12.6. The Balaban J connectivity index is 2.77. The summed E-state index contributed by atoms with van der Waals surface area (Å²) in [7, 11) is 0. The molecule has 0 heterocycles. The minimum Gasteiger partial charge on any atom is -0.477 e. The van der Waals surface area contributed by atoms with Crippen molar-refractivity contribution in [2.45, 2.75) is 26.4 Å². The lowest BCUT2D eigenvalue weighted by Gasteiger charge is -2.11. The summed E-state index contributed by atoms with van der Waals surface area (Å²) < 4.78 is 4.98. The van der Waals surface area contributed by atoms with Crippen LogP contribution in [-0.4, -0.2) is 23.1 Å². The first-order valence-electron chi connectivity index (χ1n) is 6.00. The number of carbonyl (C=O) groups is 2. The molecule has 0 amide bonds. The van der Waals surface area contributed by atoms with Crippen LogP contribution in [0, 0.1) is 0 Å². The second kappa shape index (κ2) is 7.20. The van der Waals surface area contributed by atoms with E-state index in [0.717, 1.165) is 6.20 Å². The fourth-order valence-electron chi connectivity index (χ4n) is 1.23. The molecule has 1 rings (SSSR count). The van der Waals surface area contributed by atoms with E-state index in [1.165, 1.54) is 0 Å². The maximum absolute atomic E-state index is 11.7. The largest absolute Gasteiger partial charge is 0.477 e. The number of hydrogen-bond donors (Lipinski definition) is 2. The fourth-order valence-corrected chi connectivity index (χ4v) is 1.23. The van der Waals surface area contributed by atoms with Gasteiger partial charge in [-0.25, -0.2) is 9.59 Å². The standard InChI is InChI=1S/C14H17NO4/c1-3-10(2)19-14(18)12(13(16)17)9-15-11-7-5-4-6-8-11/h4-10,15H,3H2,1-2H3,(H,16,17). The van der Waals surface area contributed by atoms with E-state index in [2.05, 4.69) is 5.32 Å². The summed E-state index contributed by atoms with van der Waals surface area (Å²) in [5, 5.41) is 11.8. The molecular weight excluding hydrogens is 246 g/mol. The van der Waals surface area contributed by atoms with Gasteiger partial charge in [-0.1, -0.05) is 25.1 Å². The molecule has 0 radical (unpaired) electrons. The zero-order valence-electron chi connectivity index (χ0n) is 10.9. The van der Waals surface area contributed by atoms with Crippen LogP contribution in [0.2, 0.25) is 0 Å². The number of nitrogens with one attached hydrogen (secondary N) is 1. The van der Waals surface area contributed by atoms with E-state index in [4.69, 9.17) is 9.84 Å². The molecule has 19 heavy (non-hydrogen) atoms. The van der Waals surface area contributed by atoms with Gasteiger partial charge in [0.2, 0.25) is 0 Å². The number of carbonyl (C=O) groups excluding carboxylic acids is 1. The molecule has 0 fully saturated rings. The monoisotopic (exact) mass is 263 g/mol. The minimum absolute atomic E-state index is 0.313. The molecule has 2 N–H and O–H groups in total. The highest BCUT2D eigenvalue weighted by atomic mass is 16.5. The van der Waals surface area contributed by atoms with E-state index >= 15 is 0 Å². The third-order valence-corrected chi connectivity index (χ3v) is 2.49. The van der Waals surface area contributed by atoms with Crippen molar-refractivity contribution < 1.29 is 19.4 Å². The molecule has 0 bridgehead atoms. The highest BCUT2D eigenvalue weighted by Gasteiger charge is 2.20. The van der Waals surface area contributed by atoms with Crippen molar-refractivity contribution in [2.24, 2.45) is 0 Å². The number of ether oxygens (including phenoxy) is 1. The number of para-hydroxylation sites is 1. The third kappa shape index (κ3) is 4.83. The predicted molar refractivity (Wildman–Crippen MR) is 71.6 cm³/mol. The Hall–Kier alpha value is -2.30. The first-order valence-corrected chi connectivity index (χ1v) is 6.00. The number of carboxylic acid groups (broad SMARTS) is 1. The van der Waals surface area contributed by atoms with Gasteiger partial charge >= 0.3 is 11.9 Å². The summed E-state index contributed by atoms with van der Waals surface area (Å²) in [6.07, 6.45) is 1.46. The van der Waals surface area contributed by atoms with Crippen LogP contribution in [0.15, 0.2) is 42.1 Å². The smallest absolute Gasteiger partial charge is 0.347 e. The Morgan fingerprint density at radius 1 is 1.37 bits per heavy atom. The molecule has 1 aromatic carbocycles. The zero-order chi connectivity index (χ0) is 14.3. The SMILES string of the molecule is CCC(C)OC(=O)C(=CNc1ccccc1)C(=O)O. The second-order valence-corrected chi connectivity index (χ2v) is 4.00. The molecule has 5 nitrogen and oxygen atoms in total. The summed E-state index contributed by atoms with van der Waals surface area (Å²) in [5.74, 6) is -2.16. The Morgan fingerprint density at radius 3 is 2.53 bits per heavy atom. The van der Waals surface area contributed by atoms with Gasteiger partial charge in [-0.3, -0.25) is 0 Å². The molecule has 102 valence electrons. The third-order valence-electron chi connectivity index (χ3n) is 2.49. The minimum atomic E-state index is -1.32. The maximum atomic E-state index is 11.7. The molecule has 0 aliphatic rings. The molecule has 1 atom stereocenters. The number of anilines is 1. The summed E-state index contributed by atoms with van der Waals surface area (Å²) in [4.78, 5) is 22.7. The van der Waals surface area contributed by atoms with Gasteiger partial charge in [0.15, 0.2) is 5.57 Å². The lowest BCUT2D eigenvalue weighted by atomic mass is 10.2. The van der Waals surface area contributed by atoms with Crippen molar-refractivity contribution in [3.05, 3.63) is 42.1 Å². The average Bonchev–Trinajstić information content (AvgIpc) is 2.39. The van der Waals surface area contributed by atoms with Gasteiger partial charge in [-0.15, -0.1) is 0 Å². The number of benzene rings is 1. The predicted octanol–water partition coefficient (Wildman–Crippen LogP) is 2.41. The second-order valence-electron chi connectivity index (χ2n) is 4.00. The van der Waals surface area contributed by atoms with Gasteiger partial charge in [0.05, 0.1) is 6.10 Å². The molecule has 5 heteroatoms.